The van der Waals surface area contributed by atoms with Crippen molar-refractivity contribution in [1.82, 2.24) is 0 Å². The fraction of sp³-hybridized carbons (Fsp3) is 0.600. The van der Waals surface area contributed by atoms with Crippen LogP contribution in [0.4, 0.5) is 0 Å². The molecule has 0 spiro atoms. The number of hydrogen-bond acceptors (Lipinski definition) is 2. The Balaban J connectivity index is 2.51. The summed E-state index contributed by atoms with van der Waals surface area (Å²) < 4.78 is 5.66. The van der Waals surface area contributed by atoms with Crippen molar-refractivity contribution in [3.05, 3.63) is 28.8 Å². The number of rotatable bonds is 8. The second-order valence-electron chi connectivity index (χ2n) is 4.69. The average Bonchev–Trinajstić information content (AvgIpc) is 2.36. The van der Waals surface area contributed by atoms with Gasteiger partial charge in [-0.2, -0.15) is 0 Å². The minimum atomic E-state index is 0.206. The third-order valence-corrected chi connectivity index (χ3v) is 3.32. The molecular formula is C15H24ClNO. The van der Waals surface area contributed by atoms with Crippen molar-refractivity contribution < 1.29 is 4.74 Å². The van der Waals surface area contributed by atoms with E-state index in [2.05, 4.69) is 19.9 Å². The Morgan fingerprint density at radius 1 is 1.28 bits per heavy atom. The van der Waals surface area contributed by atoms with Gasteiger partial charge in [-0.15, -0.1) is 0 Å². The Labute approximate surface area is 115 Å². The molecule has 0 fully saturated rings. The lowest BCUT2D eigenvalue weighted by atomic mass is 10.0. The molecule has 102 valence electrons. The highest BCUT2D eigenvalue weighted by atomic mass is 35.5. The minimum Gasteiger partial charge on any atom is -0.492 e. The van der Waals surface area contributed by atoms with E-state index in [9.17, 15) is 0 Å². The lowest BCUT2D eigenvalue weighted by Gasteiger charge is -2.11. The first-order valence-corrected chi connectivity index (χ1v) is 7.22. The van der Waals surface area contributed by atoms with Crippen LogP contribution in [-0.2, 0) is 6.42 Å². The molecule has 1 atom stereocenters. The smallest absolute Gasteiger partial charge is 0.137 e. The predicted octanol–water partition coefficient (Wildman–Crippen LogP) is 4.19. The highest BCUT2D eigenvalue weighted by molar-refractivity contribution is 6.32. The molecule has 2 nitrogen and oxygen atoms in total. The SMILES string of the molecule is CCCCCOc1ccc(CC(N)CC)cc1Cl. The van der Waals surface area contributed by atoms with Gasteiger partial charge < -0.3 is 10.5 Å². The molecule has 0 radical (unpaired) electrons. The van der Waals surface area contributed by atoms with Crippen molar-refractivity contribution in [2.45, 2.75) is 52.0 Å². The molecule has 0 aliphatic rings. The number of unbranched alkanes of at least 4 members (excludes halogenated alkanes) is 2. The number of ether oxygens (including phenoxy) is 1. The first-order valence-electron chi connectivity index (χ1n) is 6.84. The Morgan fingerprint density at radius 3 is 2.67 bits per heavy atom. The van der Waals surface area contributed by atoms with E-state index < -0.39 is 0 Å². The highest BCUT2D eigenvalue weighted by Gasteiger charge is 2.06. The summed E-state index contributed by atoms with van der Waals surface area (Å²) in [5.74, 6) is 0.779. The summed E-state index contributed by atoms with van der Waals surface area (Å²) in [5, 5.41) is 0.687. The molecular weight excluding hydrogens is 246 g/mol. The van der Waals surface area contributed by atoms with Gasteiger partial charge in [-0.3, -0.25) is 0 Å². The first-order chi connectivity index (χ1) is 8.67. The lowest BCUT2D eigenvalue weighted by Crippen LogP contribution is -2.21. The molecule has 0 saturated heterocycles. The van der Waals surface area contributed by atoms with E-state index in [0.29, 0.717) is 5.02 Å². The third kappa shape index (κ3) is 5.28. The molecule has 0 saturated carbocycles. The fourth-order valence-corrected chi connectivity index (χ4v) is 2.03. The molecule has 1 rings (SSSR count). The first kappa shape index (κ1) is 15.3. The Kier molecular flexibility index (Phi) is 7.14. The summed E-state index contributed by atoms with van der Waals surface area (Å²) in [6.45, 7) is 5.01. The largest absolute Gasteiger partial charge is 0.492 e. The zero-order valence-corrected chi connectivity index (χ0v) is 12.2. The van der Waals surface area contributed by atoms with Crippen molar-refractivity contribution in [3.63, 3.8) is 0 Å². The van der Waals surface area contributed by atoms with Crippen LogP contribution >= 0.6 is 11.6 Å². The normalized spacial score (nSPS) is 12.4. The number of halogens is 1. The van der Waals surface area contributed by atoms with E-state index in [1.807, 2.05) is 12.1 Å². The Hall–Kier alpha value is -0.730. The summed E-state index contributed by atoms with van der Waals surface area (Å²) in [7, 11) is 0. The van der Waals surface area contributed by atoms with E-state index >= 15 is 0 Å². The summed E-state index contributed by atoms with van der Waals surface area (Å²) in [6, 6.07) is 6.17. The van der Waals surface area contributed by atoms with Crippen LogP contribution in [0.25, 0.3) is 0 Å². The number of benzene rings is 1. The molecule has 18 heavy (non-hydrogen) atoms. The van der Waals surface area contributed by atoms with Gasteiger partial charge in [-0.25, -0.2) is 0 Å². The predicted molar refractivity (Wildman–Crippen MR) is 78.4 cm³/mol. The standard InChI is InChI=1S/C15H24ClNO/c1-3-5-6-9-18-15-8-7-12(11-14(15)16)10-13(17)4-2/h7-8,11,13H,3-6,9-10,17H2,1-2H3. The van der Waals surface area contributed by atoms with Gasteiger partial charge in [0.1, 0.15) is 5.75 Å². The maximum Gasteiger partial charge on any atom is 0.137 e. The quantitative estimate of drug-likeness (QED) is 0.718. The molecule has 0 amide bonds. The van der Waals surface area contributed by atoms with Gasteiger partial charge in [0.05, 0.1) is 11.6 Å². The van der Waals surface area contributed by atoms with E-state index in [0.717, 1.165) is 31.6 Å². The summed E-state index contributed by atoms with van der Waals surface area (Å²) in [5.41, 5.74) is 7.11. The van der Waals surface area contributed by atoms with Gasteiger partial charge >= 0.3 is 0 Å². The van der Waals surface area contributed by atoms with E-state index in [4.69, 9.17) is 22.1 Å². The van der Waals surface area contributed by atoms with Crippen molar-refractivity contribution in [2.75, 3.05) is 6.61 Å². The van der Waals surface area contributed by atoms with Crippen LogP contribution in [0.15, 0.2) is 18.2 Å². The maximum atomic E-state index is 6.20. The van der Waals surface area contributed by atoms with Gasteiger partial charge in [0.2, 0.25) is 0 Å². The molecule has 1 aromatic carbocycles. The summed E-state index contributed by atoms with van der Waals surface area (Å²) in [4.78, 5) is 0. The monoisotopic (exact) mass is 269 g/mol. The van der Waals surface area contributed by atoms with Gasteiger partial charge in [-0.1, -0.05) is 44.4 Å². The second-order valence-corrected chi connectivity index (χ2v) is 5.10. The Bertz CT molecular complexity index is 354. The van der Waals surface area contributed by atoms with Crippen molar-refractivity contribution in [3.8, 4) is 5.75 Å². The van der Waals surface area contributed by atoms with Gasteiger partial charge in [0, 0.05) is 6.04 Å². The maximum absolute atomic E-state index is 6.20. The van der Waals surface area contributed by atoms with Crippen LogP contribution in [0.3, 0.4) is 0 Å². The zero-order chi connectivity index (χ0) is 13.4. The molecule has 0 aliphatic carbocycles. The minimum absolute atomic E-state index is 0.206. The van der Waals surface area contributed by atoms with Crippen molar-refractivity contribution in [2.24, 2.45) is 5.73 Å². The van der Waals surface area contributed by atoms with Crippen LogP contribution in [0.2, 0.25) is 5.02 Å². The topological polar surface area (TPSA) is 35.2 Å². The molecule has 2 N–H and O–H groups in total. The average molecular weight is 270 g/mol. The van der Waals surface area contributed by atoms with Crippen molar-refractivity contribution >= 4 is 11.6 Å². The number of hydrogen-bond donors (Lipinski definition) is 1. The van der Waals surface area contributed by atoms with Crippen molar-refractivity contribution in [1.29, 1.82) is 0 Å². The molecule has 0 heterocycles. The molecule has 1 unspecified atom stereocenters. The molecule has 0 aromatic heterocycles. The van der Waals surface area contributed by atoms with Crippen LogP contribution in [-0.4, -0.2) is 12.6 Å². The van der Waals surface area contributed by atoms with Crippen LogP contribution in [0.1, 0.15) is 45.1 Å². The van der Waals surface area contributed by atoms with E-state index in [-0.39, 0.29) is 6.04 Å². The lowest BCUT2D eigenvalue weighted by molar-refractivity contribution is 0.306. The van der Waals surface area contributed by atoms with Crippen LogP contribution in [0, 0.1) is 0 Å². The summed E-state index contributed by atoms with van der Waals surface area (Å²) in [6.07, 6.45) is 5.32. The number of nitrogens with two attached hydrogens (primary N) is 1. The fourth-order valence-electron chi connectivity index (χ4n) is 1.77. The molecule has 0 bridgehead atoms. The van der Waals surface area contributed by atoms with Crippen LogP contribution in [0.5, 0.6) is 5.75 Å². The third-order valence-electron chi connectivity index (χ3n) is 3.02. The molecule has 3 heteroatoms. The molecule has 0 aliphatic heterocycles. The molecule has 1 aromatic rings. The van der Waals surface area contributed by atoms with E-state index in [1.54, 1.807) is 0 Å². The van der Waals surface area contributed by atoms with Gasteiger partial charge in [0.15, 0.2) is 0 Å². The second kappa shape index (κ2) is 8.39. The van der Waals surface area contributed by atoms with E-state index in [1.165, 1.54) is 18.4 Å². The van der Waals surface area contributed by atoms with Gasteiger partial charge in [-0.05, 0) is 37.0 Å². The van der Waals surface area contributed by atoms with Crippen LogP contribution < -0.4 is 10.5 Å². The van der Waals surface area contributed by atoms with Gasteiger partial charge in [0.25, 0.3) is 0 Å². The zero-order valence-electron chi connectivity index (χ0n) is 11.4. The highest BCUT2D eigenvalue weighted by Crippen LogP contribution is 2.26. The summed E-state index contributed by atoms with van der Waals surface area (Å²) >= 11 is 6.20. The Morgan fingerprint density at radius 2 is 2.06 bits per heavy atom.